The molecule has 8 heteroatoms. The summed E-state index contributed by atoms with van der Waals surface area (Å²) in [7, 11) is 0. The normalized spacial score (nSPS) is 11.2. The van der Waals surface area contributed by atoms with Gasteiger partial charge in [-0.05, 0) is 29.8 Å². The van der Waals surface area contributed by atoms with E-state index in [-0.39, 0.29) is 5.75 Å². The van der Waals surface area contributed by atoms with Crippen LogP contribution in [-0.4, -0.2) is 36.1 Å². The van der Waals surface area contributed by atoms with Crippen LogP contribution >= 0.6 is 0 Å². The minimum Gasteiger partial charge on any atom is -0.508 e. The highest BCUT2D eigenvalue weighted by atomic mass is 16.3. The molecule has 4 rings (SSSR count). The van der Waals surface area contributed by atoms with E-state index in [9.17, 15) is 5.11 Å². The number of nitrogens with one attached hydrogen (secondary N) is 1. The van der Waals surface area contributed by atoms with E-state index in [4.69, 9.17) is 0 Å². The Balaban J connectivity index is 1.66. The van der Waals surface area contributed by atoms with Crippen molar-refractivity contribution >= 4 is 23.1 Å². The van der Waals surface area contributed by atoms with Crippen molar-refractivity contribution in [3.8, 4) is 11.4 Å². The number of nitrogens with zero attached hydrogens (tertiary/aromatic N) is 6. The summed E-state index contributed by atoms with van der Waals surface area (Å²) >= 11 is 0. The van der Waals surface area contributed by atoms with Crippen molar-refractivity contribution in [2.24, 2.45) is 5.10 Å². The van der Waals surface area contributed by atoms with Gasteiger partial charge in [0.1, 0.15) is 12.1 Å². The molecule has 25 heavy (non-hydrogen) atoms. The molecule has 8 nitrogen and oxygen atoms in total. The Morgan fingerprint density at radius 2 is 2.00 bits per heavy atom. The maximum atomic E-state index is 9.65. The third-order valence-corrected chi connectivity index (χ3v) is 3.53. The first-order chi connectivity index (χ1) is 12.3. The molecule has 0 aliphatic carbocycles. The fourth-order valence-corrected chi connectivity index (χ4v) is 2.36. The van der Waals surface area contributed by atoms with E-state index in [0.717, 1.165) is 10.9 Å². The number of phenolic OH excluding ortho intramolecular Hbond substituents is 1. The van der Waals surface area contributed by atoms with E-state index in [2.05, 4.69) is 30.6 Å². The third kappa shape index (κ3) is 3.00. The van der Waals surface area contributed by atoms with Crippen LogP contribution in [0.2, 0.25) is 0 Å². The van der Waals surface area contributed by atoms with Crippen molar-refractivity contribution in [3.63, 3.8) is 0 Å². The largest absolute Gasteiger partial charge is 0.508 e. The smallest absolute Gasteiger partial charge is 0.168 e. The molecular weight excluding hydrogens is 318 g/mol. The number of phenols is 1. The average molecular weight is 331 g/mol. The van der Waals surface area contributed by atoms with Crippen LogP contribution in [0.4, 0.5) is 5.82 Å². The van der Waals surface area contributed by atoms with Gasteiger partial charge >= 0.3 is 0 Å². The summed E-state index contributed by atoms with van der Waals surface area (Å²) in [5.74, 6) is 0.706. The van der Waals surface area contributed by atoms with Crippen LogP contribution in [-0.2, 0) is 0 Å². The highest BCUT2D eigenvalue weighted by Gasteiger charge is 2.11. The van der Waals surface area contributed by atoms with Crippen molar-refractivity contribution in [1.29, 1.82) is 0 Å². The van der Waals surface area contributed by atoms with Crippen LogP contribution in [0.1, 0.15) is 5.56 Å². The summed E-state index contributed by atoms with van der Waals surface area (Å²) in [6, 6.07) is 10.5. The molecule has 3 heterocycles. The van der Waals surface area contributed by atoms with Crippen LogP contribution in [0, 0.1) is 0 Å². The van der Waals surface area contributed by atoms with E-state index in [0.29, 0.717) is 17.2 Å². The zero-order chi connectivity index (χ0) is 17.1. The molecular formula is C17H13N7O. The van der Waals surface area contributed by atoms with Crippen molar-refractivity contribution in [3.05, 3.63) is 66.9 Å². The summed E-state index contributed by atoms with van der Waals surface area (Å²) in [6.45, 7) is 0. The van der Waals surface area contributed by atoms with Gasteiger partial charge in [-0.25, -0.2) is 14.6 Å². The second-order valence-electron chi connectivity index (χ2n) is 5.19. The second kappa shape index (κ2) is 6.36. The molecule has 0 fully saturated rings. The maximum Gasteiger partial charge on any atom is 0.168 e. The Kier molecular flexibility index (Phi) is 3.76. The van der Waals surface area contributed by atoms with Crippen molar-refractivity contribution in [2.45, 2.75) is 0 Å². The molecule has 0 amide bonds. The number of anilines is 1. The van der Waals surface area contributed by atoms with E-state index < -0.39 is 0 Å². The van der Waals surface area contributed by atoms with Crippen molar-refractivity contribution in [2.75, 3.05) is 5.43 Å². The predicted molar refractivity (Wildman–Crippen MR) is 93.8 cm³/mol. The van der Waals surface area contributed by atoms with Gasteiger partial charge in [-0.1, -0.05) is 6.07 Å². The first-order valence-electron chi connectivity index (χ1n) is 7.48. The summed E-state index contributed by atoms with van der Waals surface area (Å²) in [5, 5.41) is 18.9. The lowest BCUT2D eigenvalue weighted by atomic mass is 10.3. The predicted octanol–water partition coefficient (Wildman–Crippen LogP) is 2.36. The number of fused-ring (bicyclic) bond motifs is 1. The molecule has 0 radical (unpaired) electrons. The number of benzene rings is 1. The highest BCUT2D eigenvalue weighted by molar-refractivity contribution is 5.88. The van der Waals surface area contributed by atoms with Crippen molar-refractivity contribution in [1.82, 2.24) is 24.7 Å². The van der Waals surface area contributed by atoms with Gasteiger partial charge in [0, 0.05) is 18.5 Å². The number of hydrogen-bond donors (Lipinski definition) is 2. The van der Waals surface area contributed by atoms with Crippen LogP contribution in [0.15, 0.2) is 66.4 Å². The van der Waals surface area contributed by atoms with Crippen molar-refractivity contribution < 1.29 is 5.11 Å². The molecule has 1 aromatic carbocycles. The molecule has 0 saturated heterocycles. The second-order valence-corrected chi connectivity index (χ2v) is 5.19. The summed E-state index contributed by atoms with van der Waals surface area (Å²) < 4.78 is 1.63. The van der Waals surface area contributed by atoms with Gasteiger partial charge in [0.05, 0.1) is 23.5 Å². The Bertz CT molecular complexity index is 1040. The first-order valence-corrected chi connectivity index (χ1v) is 7.48. The SMILES string of the molecule is Oc1cccc(-n2ncc3c(N/N=C/c4ccncc4)ncnc32)c1. The molecule has 0 aliphatic heterocycles. The highest BCUT2D eigenvalue weighted by Crippen LogP contribution is 2.23. The number of pyridine rings is 1. The minimum absolute atomic E-state index is 0.163. The van der Waals surface area contributed by atoms with Crippen LogP contribution in [0.3, 0.4) is 0 Å². The van der Waals surface area contributed by atoms with E-state index in [1.165, 1.54) is 6.33 Å². The lowest BCUT2D eigenvalue weighted by molar-refractivity contribution is 0.475. The fraction of sp³-hybridized carbons (Fsp3) is 0. The number of aromatic hydroxyl groups is 1. The first kappa shape index (κ1) is 14.8. The van der Waals surface area contributed by atoms with Crippen LogP contribution in [0.5, 0.6) is 5.75 Å². The molecule has 0 aliphatic rings. The molecule has 0 atom stereocenters. The fourth-order valence-electron chi connectivity index (χ4n) is 2.36. The van der Waals surface area contributed by atoms with Gasteiger partial charge in [-0.2, -0.15) is 10.2 Å². The molecule has 0 bridgehead atoms. The Morgan fingerprint density at radius 1 is 1.12 bits per heavy atom. The molecule has 0 saturated carbocycles. The number of aromatic nitrogens is 5. The van der Waals surface area contributed by atoms with E-state index >= 15 is 0 Å². The summed E-state index contributed by atoms with van der Waals surface area (Å²) in [6.07, 6.45) is 8.17. The van der Waals surface area contributed by atoms with Gasteiger partial charge in [0.15, 0.2) is 11.5 Å². The molecule has 3 aromatic heterocycles. The standard InChI is InChI=1S/C17H13N7O/c25-14-3-1-2-13(8-14)24-17-15(10-22-24)16(19-11-20-17)23-21-9-12-4-6-18-7-5-12/h1-11,25H,(H,19,20,23)/b21-9+. The van der Waals surface area contributed by atoms with E-state index in [1.807, 2.05) is 18.2 Å². The Hall–Kier alpha value is -3.81. The maximum absolute atomic E-state index is 9.65. The third-order valence-electron chi connectivity index (χ3n) is 3.53. The molecule has 0 unspecified atom stereocenters. The topological polar surface area (TPSA) is 101 Å². The van der Waals surface area contributed by atoms with Crippen LogP contribution < -0.4 is 5.43 Å². The zero-order valence-electron chi connectivity index (χ0n) is 13.0. The van der Waals surface area contributed by atoms with Gasteiger partial charge < -0.3 is 5.11 Å². The van der Waals surface area contributed by atoms with Gasteiger partial charge in [0.25, 0.3) is 0 Å². The molecule has 122 valence electrons. The van der Waals surface area contributed by atoms with Gasteiger partial charge in [-0.15, -0.1) is 0 Å². The summed E-state index contributed by atoms with van der Waals surface area (Å²) in [5.41, 5.74) is 5.15. The average Bonchev–Trinajstić information content (AvgIpc) is 3.08. The summed E-state index contributed by atoms with van der Waals surface area (Å²) in [4.78, 5) is 12.5. The lowest BCUT2D eigenvalue weighted by Crippen LogP contribution is -1.99. The van der Waals surface area contributed by atoms with Crippen LogP contribution in [0.25, 0.3) is 16.7 Å². The van der Waals surface area contributed by atoms with Gasteiger partial charge in [0.2, 0.25) is 0 Å². The zero-order valence-corrected chi connectivity index (χ0v) is 13.0. The van der Waals surface area contributed by atoms with Gasteiger partial charge in [-0.3, -0.25) is 10.4 Å². The van der Waals surface area contributed by atoms with E-state index in [1.54, 1.807) is 47.7 Å². The quantitative estimate of drug-likeness (QED) is 0.440. The number of hydrazone groups is 1. The number of rotatable bonds is 4. The lowest BCUT2D eigenvalue weighted by Gasteiger charge is -2.04. The Morgan fingerprint density at radius 3 is 2.84 bits per heavy atom. The number of hydrogen-bond acceptors (Lipinski definition) is 7. The monoisotopic (exact) mass is 331 g/mol. The molecule has 4 aromatic rings. The Labute approximate surface area is 142 Å². The minimum atomic E-state index is 0.163. The molecule has 0 spiro atoms. The molecule has 2 N–H and O–H groups in total.